The Balaban J connectivity index is 1.48. The molecule has 8 heteroatoms. The van der Waals surface area contributed by atoms with E-state index in [4.69, 9.17) is 19.9 Å². The number of hydrogen-bond donors (Lipinski definition) is 2. The van der Waals surface area contributed by atoms with E-state index in [0.29, 0.717) is 23.8 Å². The summed E-state index contributed by atoms with van der Waals surface area (Å²) < 4.78 is 16.3. The lowest BCUT2D eigenvalue weighted by molar-refractivity contribution is 0.174. The third-order valence-corrected chi connectivity index (χ3v) is 3.59. The van der Waals surface area contributed by atoms with E-state index in [1.54, 1.807) is 24.5 Å². The number of nitrogens with zero attached hydrogens (tertiary/aromatic N) is 3. The molecule has 4 rings (SSSR count). The summed E-state index contributed by atoms with van der Waals surface area (Å²) in [4.78, 5) is 12.2. The summed E-state index contributed by atoms with van der Waals surface area (Å²) in [5, 5.41) is 3.18. The third-order valence-electron chi connectivity index (χ3n) is 3.59. The zero-order valence-electron chi connectivity index (χ0n) is 13.2. The van der Waals surface area contributed by atoms with Crippen molar-refractivity contribution in [3.05, 3.63) is 54.6 Å². The highest BCUT2D eigenvalue weighted by molar-refractivity contribution is 5.67. The first-order valence-corrected chi connectivity index (χ1v) is 7.60. The molecule has 0 amide bonds. The van der Waals surface area contributed by atoms with Gasteiger partial charge in [0.05, 0.1) is 6.20 Å². The standard InChI is InChI=1S/C17H15N5O3/c18-15-16(20-7-11-3-4-13-14(6-11)24-10-23-13)21-9-22-17(15)25-12-2-1-5-19-8-12/h1-6,8-9H,7,10,18H2,(H,20,21,22). The van der Waals surface area contributed by atoms with Crippen LogP contribution in [0.5, 0.6) is 23.1 Å². The van der Waals surface area contributed by atoms with Crippen LogP contribution in [-0.2, 0) is 6.54 Å². The number of benzene rings is 1. The number of ether oxygens (including phenoxy) is 3. The summed E-state index contributed by atoms with van der Waals surface area (Å²) >= 11 is 0. The van der Waals surface area contributed by atoms with Crippen LogP contribution in [0.2, 0.25) is 0 Å². The third kappa shape index (κ3) is 3.23. The molecule has 1 aromatic carbocycles. The Morgan fingerprint density at radius 3 is 2.96 bits per heavy atom. The molecular weight excluding hydrogens is 322 g/mol. The monoisotopic (exact) mass is 337 g/mol. The van der Waals surface area contributed by atoms with Crippen LogP contribution < -0.4 is 25.3 Å². The van der Waals surface area contributed by atoms with E-state index in [9.17, 15) is 0 Å². The zero-order chi connectivity index (χ0) is 17.1. The van der Waals surface area contributed by atoms with Crippen LogP contribution in [0.1, 0.15) is 5.56 Å². The summed E-state index contributed by atoms with van der Waals surface area (Å²) in [6.45, 7) is 0.768. The molecule has 0 saturated heterocycles. The van der Waals surface area contributed by atoms with Crippen molar-refractivity contribution < 1.29 is 14.2 Å². The normalized spacial score (nSPS) is 12.0. The Hall–Kier alpha value is -3.55. The summed E-state index contributed by atoms with van der Waals surface area (Å²) in [5.74, 6) is 2.80. The van der Waals surface area contributed by atoms with Gasteiger partial charge in [-0.1, -0.05) is 6.07 Å². The minimum absolute atomic E-state index is 0.250. The molecule has 2 aromatic heterocycles. The van der Waals surface area contributed by atoms with Crippen LogP contribution in [0, 0.1) is 0 Å². The minimum Gasteiger partial charge on any atom is -0.454 e. The molecule has 0 spiro atoms. The molecule has 1 aliphatic heterocycles. The molecule has 0 atom stereocenters. The minimum atomic E-state index is 0.250. The van der Waals surface area contributed by atoms with Crippen molar-refractivity contribution in [3.8, 4) is 23.1 Å². The van der Waals surface area contributed by atoms with E-state index < -0.39 is 0 Å². The molecule has 3 heterocycles. The second-order valence-corrected chi connectivity index (χ2v) is 5.27. The van der Waals surface area contributed by atoms with Crippen molar-refractivity contribution in [1.82, 2.24) is 15.0 Å². The summed E-state index contributed by atoms with van der Waals surface area (Å²) in [7, 11) is 0. The number of anilines is 2. The fourth-order valence-electron chi connectivity index (χ4n) is 2.36. The number of rotatable bonds is 5. The van der Waals surface area contributed by atoms with Crippen molar-refractivity contribution in [2.24, 2.45) is 0 Å². The van der Waals surface area contributed by atoms with Gasteiger partial charge in [0.1, 0.15) is 17.8 Å². The maximum absolute atomic E-state index is 6.11. The van der Waals surface area contributed by atoms with Crippen molar-refractivity contribution >= 4 is 11.5 Å². The second-order valence-electron chi connectivity index (χ2n) is 5.27. The molecule has 0 bridgehead atoms. The van der Waals surface area contributed by atoms with Crippen LogP contribution in [0.3, 0.4) is 0 Å². The average molecular weight is 337 g/mol. The van der Waals surface area contributed by atoms with Gasteiger partial charge in [-0.05, 0) is 29.8 Å². The highest BCUT2D eigenvalue weighted by Gasteiger charge is 2.14. The second kappa shape index (κ2) is 6.52. The fourth-order valence-corrected chi connectivity index (χ4v) is 2.36. The average Bonchev–Trinajstić information content (AvgIpc) is 3.11. The first-order valence-electron chi connectivity index (χ1n) is 7.60. The predicted octanol–water partition coefficient (Wildman–Crippen LogP) is 2.59. The fraction of sp³-hybridized carbons (Fsp3) is 0.118. The van der Waals surface area contributed by atoms with E-state index in [2.05, 4.69) is 20.3 Å². The maximum atomic E-state index is 6.11. The first kappa shape index (κ1) is 15.0. The topological polar surface area (TPSA) is 104 Å². The van der Waals surface area contributed by atoms with Gasteiger partial charge in [-0.25, -0.2) is 4.98 Å². The molecule has 0 unspecified atom stereocenters. The number of aromatic nitrogens is 3. The van der Waals surface area contributed by atoms with Gasteiger partial charge in [-0.3, -0.25) is 4.98 Å². The number of nitrogen functional groups attached to an aromatic ring is 1. The lowest BCUT2D eigenvalue weighted by atomic mass is 10.2. The Morgan fingerprint density at radius 2 is 2.08 bits per heavy atom. The number of nitrogens with two attached hydrogens (primary N) is 1. The summed E-state index contributed by atoms with van der Waals surface area (Å²) in [5.41, 5.74) is 7.45. The molecule has 0 aliphatic carbocycles. The number of pyridine rings is 1. The van der Waals surface area contributed by atoms with Crippen LogP contribution in [0.25, 0.3) is 0 Å². The predicted molar refractivity (Wildman–Crippen MR) is 90.6 cm³/mol. The van der Waals surface area contributed by atoms with Crippen molar-refractivity contribution in [2.75, 3.05) is 17.8 Å². The number of hydrogen-bond acceptors (Lipinski definition) is 8. The molecule has 126 valence electrons. The van der Waals surface area contributed by atoms with Crippen LogP contribution >= 0.6 is 0 Å². The summed E-state index contributed by atoms with van der Waals surface area (Å²) in [6.07, 6.45) is 4.64. The molecular formula is C17H15N5O3. The lowest BCUT2D eigenvalue weighted by Crippen LogP contribution is -2.06. The van der Waals surface area contributed by atoms with E-state index in [1.807, 2.05) is 18.2 Å². The highest BCUT2D eigenvalue weighted by Crippen LogP contribution is 2.33. The number of fused-ring (bicyclic) bond motifs is 1. The molecule has 0 fully saturated rings. The molecule has 1 aliphatic rings. The quantitative estimate of drug-likeness (QED) is 0.732. The van der Waals surface area contributed by atoms with Crippen LogP contribution in [-0.4, -0.2) is 21.7 Å². The van der Waals surface area contributed by atoms with E-state index in [-0.39, 0.29) is 12.7 Å². The molecule has 0 radical (unpaired) electrons. The maximum Gasteiger partial charge on any atom is 0.248 e. The van der Waals surface area contributed by atoms with Gasteiger partial charge in [0.25, 0.3) is 0 Å². The van der Waals surface area contributed by atoms with Gasteiger partial charge in [-0.15, -0.1) is 0 Å². The van der Waals surface area contributed by atoms with Crippen molar-refractivity contribution in [1.29, 1.82) is 0 Å². The first-order chi connectivity index (χ1) is 12.3. The van der Waals surface area contributed by atoms with E-state index >= 15 is 0 Å². The molecule has 8 nitrogen and oxygen atoms in total. The molecule has 25 heavy (non-hydrogen) atoms. The highest BCUT2D eigenvalue weighted by atomic mass is 16.7. The van der Waals surface area contributed by atoms with Gasteiger partial charge in [0.15, 0.2) is 17.3 Å². The van der Waals surface area contributed by atoms with Crippen LogP contribution in [0.4, 0.5) is 11.5 Å². The Kier molecular flexibility index (Phi) is 3.91. The number of nitrogens with one attached hydrogen (secondary N) is 1. The van der Waals surface area contributed by atoms with Gasteiger partial charge in [0, 0.05) is 12.7 Å². The zero-order valence-corrected chi connectivity index (χ0v) is 13.2. The van der Waals surface area contributed by atoms with Gasteiger partial charge < -0.3 is 25.3 Å². The van der Waals surface area contributed by atoms with Gasteiger partial charge in [-0.2, -0.15) is 4.98 Å². The largest absolute Gasteiger partial charge is 0.454 e. The van der Waals surface area contributed by atoms with Crippen molar-refractivity contribution in [2.45, 2.75) is 6.54 Å². The van der Waals surface area contributed by atoms with E-state index in [0.717, 1.165) is 17.1 Å². The lowest BCUT2D eigenvalue weighted by Gasteiger charge is -2.11. The van der Waals surface area contributed by atoms with Gasteiger partial charge in [0.2, 0.25) is 12.7 Å². The Morgan fingerprint density at radius 1 is 1.16 bits per heavy atom. The Bertz CT molecular complexity index is 889. The van der Waals surface area contributed by atoms with Gasteiger partial charge >= 0.3 is 0 Å². The molecule has 3 N–H and O–H groups in total. The van der Waals surface area contributed by atoms with E-state index in [1.165, 1.54) is 6.33 Å². The molecule has 0 saturated carbocycles. The smallest absolute Gasteiger partial charge is 0.248 e. The van der Waals surface area contributed by atoms with Crippen molar-refractivity contribution in [3.63, 3.8) is 0 Å². The summed E-state index contributed by atoms with van der Waals surface area (Å²) in [6, 6.07) is 9.28. The molecule has 3 aromatic rings. The Labute approximate surface area is 143 Å². The van der Waals surface area contributed by atoms with Crippen LogP contribution in [0.15, 0.2) is 49.1 Å². The SMILES string of the molecule is Nc1c(NCc2ccc3c(c2)OCO3)ncnc1Oc1cccnc1.